The summed E-state index contributed by atoms with van der Waals surface area (Å²) in [5.74, 6) is -0.129. The van der Waals surface area contributed by atoms with Crippen molar-refractivity contribution in [3.63, 3.8) is 0 Å². The van der Waals surface area contributed by atoms with E-state index in [1.54, 1.807) is 0 Å². The summed E-state index contributed by atoms with van der Waals surface area (Å²) in [6.07, 6.45) is 4.71. The number of nitrogens with one attached hydrogen (secondary N) is 1. The Morgan fingerprint density at radius 3 is 2.26 bits per heavy atom. The minimum absolute atomic E-state index is 0.129. The van der Waals surface area contributed by atoms with Crippen LogP contribution in [0.1, 0.15) is 53.6 Å². The number of amides is 1. The average Bonchev–Trinajstić information content (AvgIpc) is 2.38. The zero-order valence-corrected chi connectivity index (χ0v) is 11.6. The molecule has 3 nitrogen and oxygen atoms in total. The van der Waals surface area contributed by atoms with Gasteiger partial charge in [-0.2, -0.15) is 5.26 Å². The van der Waals surface area contributed by atoms with Crippen molar-refractivity contribution in [3.05, 3.63) is 34.9 Å². The lowest BCUT2D eigenvalue weighted by molar-refractivity contribution is 0.0902. The highest BCUT2D eigenvalue weighted by atomic mass is 16.1. The van der Waals surface area contributed by atoms with Crippen molar-refractivity contribution in [1.29, 1.82) is 5.26 Å². The van der Waals surface area contributed by atoms with Crippen LogP contribution in [0.2, 0.25) is 0 Å². The molecule has 1 aliphatic rings. The maximum atomic E-state index is 12.3. The van der Waals surface area contributed by atoms with Gasteiger partial charge in [-0.1, -0.05) is 36.5 Å². The van der Waals surface area contributed by atoms with Crippen LogP contribution in [0.5, 0.6) is 0 Å². The van der Waals surface area contributed by atoms with Crippen LogP contribution in [0.25, 0.3) is 0 Å². The summed E-state index contributed by atoms with van der Waals surface area (Å²) < 4.78 is 0. The predicted molar refractivity (Wildman–Crippen MR) is 74.8 cm³/mol. The summed E-state index contributed by atoms with van der Waals surface area (Å²) in [7, 11) is 0. The molecule has 1 amide bonds. The molecule has 19 heavy (non-hydrogen) atoms. The van der Waals surface area contributed by atoms with Crippen LogP contribution in [-0.2, 0) is 0 Å². The van der Waals surface area contributed by atoms with E-state index in [-0.39, 0.29) is 5.91 Å². The quantitative estimate of drug-likeness (QED) is 0.883. The largest absolute Gasteiger partial charge is 0.334 e. The summed E-state index contributed by atoms with van der Waals surface area (Å²) in [6.45, 7) is 3.95. The summed E-state index contributed by atoms with van der Waals surface area (Å²) in [5.41, 5.74) is 2.13. The number of rotatable bonds is 2. The molecule has 1 saturated carbocycles. The Bertz CT molecular complexity index is 502. The first-order valence-electron chi connectivity index (χ1n) is 6.87. The monoisotopic (exact) mass is 256 g/mol. The highest BCUT2D eigenvalue weighted by Crippen LogP contribution is 2.28. The molecule has 0 aromatic heterocycles. The second kappa shape index (κ2) is 5.44. The number of carbonyl (C=O) groups is 1. The highest BCUT2D eigenvalue weighted by Gasteiger charge is 2.33. The zero-order valence-electron chi connectivity index (χ0n) is 11.6. The average molecular weight is 256 g/mol. The fourth-order valence-electron chi connectivity index (χ4n) is 2.82. The van der Waals surface area contributed by atoms with E-state index in [9.17, 15) is 10.1 Å². The van der Waals surface area contributed by atoms with E-state index >= 15 is 0 Å². The van der Waals surface area contributed by atoms with Gasteiger partial charge in [-0.05, 0) is 38.8 Å². The third-order valence-corrected chi connectivity index (χ3v) is 3.76. The van der Waals surface area contributed by atoms with Crippen molar-refractivity contribution in [3.8, 4) is 6.07 Å². The molecule has 0 bridgehead atoms. The SMILES string of the molecule is Cc1cc(C)cc(C(=O)NC2(C#N)CCCCC2)c1. The number of carbonyl (C=O) groups excluding carboxylic acids is 1. The second-order valence-corrected chi connectivity index (χ2v) is 5.59. The van der Waals surface area contributed by atoms with Crippen LogP contribution in [0.3, 0.4) is 0 Å². The molecule has 1 N–H and O–H groups in total. The van der Waals surface area contributed by atoms with Gasteiger partial charge in [0.1, 0.15) is 5.54 Å². The van der Waals surface area contributed by atoms with Gasteiger partial charge < -0.3 is 5.32 Å². The van der Waals surface area contributed by atoms with Gasteiger partial charge in [0.15, 0.2) is 0 Å². The van der Waals surface area contributed by atoms with Crippen molar-refractivity contribution in [2.24, 2.45) is 0 Å². The Hall–Kier alpha value is -1.82. The molecular weight excluding hydrogens is 236 g/mol. The molecule has 0 spiro atoms. The lowest BCUT2D eigenvalue weighted by Crippen LogP contribution is -2.48. The fourth-order valence-corrected chi connectivity index (χ4v) is 2.82. The van der Waals surface area contributed by atoms with Crippen molar-refractivity contribution >= 4 is 5.91 Å². The van der Waals surface area contributed by atoms with Crippen LogP contribution >= 0.6 is 0 Å². The van der Waals surface area contributed by atoms with Crippen molar-refractivity contribution < 1.29 is 4.79 Å². The normalized spacial score (nSPS) is 17.5. The first-order valence-corrected chi connectivity index (χ1v) is 6.87. The third-order valence-electron chi connectivity index (χ3n) is 3.76. The standard InChI is InChI=1S/C16H20N2O/c1-12-8-13(2)10-14(9-12)15(19)18-16(11-17)6-4-3-5-7-16/h8-10H,3-7H2,1-2H3,(H,18,19). The predicted octanol–water partition coefficient (Wildman–Crippen LogP) is 3.26. The second-order valence-electron chi connectivity index (χ2n) is 5.59. The maximum absolute atomic E-state index is 12.3. The lowest BCUT2D eigenvalue weighted by atomic mass is 9.82. The number of nitrogens with zero attached hydrogens (tertiary/aromatic N) is 1. The summed E-state index contributed by atoms with van der Waals surface area (Å²) in [4.78, 5) is 12.3. The van der Waals surface area contributed by atoms with Gasteiger partial charge in [0.25, 0.3) is 5.91 Å². The van der Waals surface area contributed by atoms with Gasteiger partial charge in [-0.3, -0.25) is 4.79 Å². The molecule has 1 aromatic rings. The minimum atomic E-state index is -0.660. The number of hydrogen-bond donors (Lipinski definition) is 1. The van der Waals surface area contributed by atoms with Gasteiger partial charge in [0.2, 0.25) is 0 Å². The van der Waals surface area contributed by atoms with Crippen LogP contribution < -0.4 is 5.32 Å². The van der Waals surface area contributed by atoms with Crippen LogP contribution in [0, 0.1) is 25.2 Å². The summed E-state index contributed by atoms with van der Waals surface area (Å²) >= 11 is 0. The van der Waals surface area contributed by atoms with Gasteiger partial charge in [-0.15, -0.1) is 0 Å². The van der Waals surface area contributed by atoms with Crippen LogP contribution in [0.4, 0.5) is 0 Å². The first kappa shape index (κ1) is 13.6. The van der Waals surface area contributed by atoms with Crippen molar-refractivity contribution in [1.82, 2.24) is 5.32 Å². The molecule has 1 fully saturated rings. The molecule has 0 saturated heterocycles. The molecule has 0 atom stereocenters. The van der Waals surface area contributed by atoms with Gasteiger partial charge in [0, 0.05) is 5.56 Å². The number of nitriles is 1. The molecule has 0 unspecified atom stereocenters. The molecule has 1 aliphatic carbocycles. The van der Waals surface area contributed by atoms with Crippen molar-refractivity contribution in [2.75, 3.05) is 0 Å². The highest BCUT2D eigenvalue weighted by molar-refractivity contribution is 5.95. The summed E-state index contributed by atoms with van der Waals surface area (Å²) in [5, 5.41) is 12.3. The topological polar surface area (TPSA) is 52.9 Å². The smallest absolute Gasteiger partial charge is 0.252 e. The van der Waals surface area contributed by atoms with E-state index in [4.69, 9.17) is 0 Å². The fraction of sp³-hybridized carbons (Fsp3) is 0.500. The van der Waals surface area contributed by atoms with Crippen LogP contribution in [0.15, 0.2) is 18.2 Å². The van der Waals surface area contributed by atoms with E-state index in [1.807, 2.05) is 32.0 Å². The number of benzene rings is 1. The van der Waals surface area contributed by atoms with E-state index in [1.165, 1.54) is 0 Å². The van der Waals surface area contributed by atoms with E-state index in [0.29, 0.717) is 5.56 Å². The Morgan fingerprint density at radius 1 is 1.16 bits per heavy atom. The zero-order chi connectivity index (χ0) is 13.9. The molecular formula is C16H20N2O. The molecule has 2 rings (SSSR count). The Kier molecular flexibility index (Phi) is 3.90. The third kappa shape index (κ3) is 3.14. The lowest BCUT2D eigenvalue weighted by Gasteiger charge is -2.31. The molecule has 0 aliphatic heterocycles. The first-order chi connectivity index (χ1) is 9.04. The molecule has 0 radical (unpaired) electrons. The van der Waals surface area contributed by atoms with Gasteiger partial charge in [0.05, 0.1) is 6.07 Å². The number of aryl methyl sites for hydroxylation is 2. The molecule has 3 heteroatoms. The van der Waals surface area contributed by atoms with E-state index in [0.717, 1.165) is 43.2 Å². The van der Waals surface area contributed by atoms with Gasteiger partial charge >= 0.3 is 0 Å². The number of hydrogen-bond acceptors (Lipinski definition) is 2. The van der Waals surface area contributed by atoms with E-state index < -0.39 is 5.54 Å². The van der Waals surface area contributed by atoms with Crippen molar-refractivity contribution in [2.45, 2.75) is 51.5 Å². The maximum Gasteiger partial charge on any atom is 0.252 e. The van der Waals surface area contributed by atoms with Crippen LogP contribution in [-0.4, -0.2) is 11.4 Å². The molecule has 0 heterocycles. The van der Waals surface area contributed by atoms with Gasteiger partial charge in [-0.25, -0.2) is 0 Å². The molecule has 100 valence electrons. The Labute approximate surface area is 114 Å². The Balaban J connectivity index is 2.18. The Morgan fingerprint density at radius 2 is 1.74 bits per heavy atom. The van der Waals surface area contributed by atoms with E-state index in [2.05, 4.69) is 11.4 Å². The summed E-state index contributed by atoms with van der Waals surface area (Å²) in [6, 6.07) is 8.10. The minimum Gasteiger partial charge on any atom is -0.334 e. The molecule has 1 aromatic carbocycles.